The lowest BCUT2D eigenvalue weighted by atomic mass is 10.1. The molecule has 19 heavy (non-hydrogen) atoms. The minimum Gasteiger partial charge on any atom is -0.506 e. The van der Waals surface area contributed by atoms with E-state index >= 15 is 0 Å². The smallest absolute Gasteiger partial charge is 0.253 e. The molecular weight excluding hydrogens is 246 g/mol. The third-order valence-corrected chi connectivity index (χ3v) is 3.09. The fourth-order valence-corrected chi connectivity index (χ4v) is 2.07. The van der Waals surface area contributed by atoms with Crippen LogP contribution >= 0.6 is 0 Å². The van der Waals surface area contributed by atoms with E-state index in [0.717, 1.165) is 32.4 Å². The van der Waals surface area contributed by atoms with Crippen LogP contribution in [0.4, 0.5) is 0 Å². The monoisotopic (exact) mass is 263 g/mol. The van der Waals surface area contributed by atoms with Gasteiger partial charge in [0, 0.05) is 19.3 Å². The first-order chi connectivity index (χ1) is 9.16. The van der Waals surface area contributed by atoms with Gasteiger partial charge in [0.15, 0.2) is 0 Å². The highest BCUT2D eigenvalue weighted by atomic mass is 16.3. The van der Waals surface area contributed by atoms with Crippen molar-refractivity contribution in [2.24, 2.45) is 0 Å². The molecule has 0 bridgehead atoms. The maximum Gasteiger partial charge on any atom is 0.253 e. The summed E-state index contributed by atoms with van der Waals surface area (Å²) in [6.45, 7) is 1.51. The second-order valence-electron chi connectivity index (χ2n) is 4.56. The van der Waals surface area contributed by atoms with Gasteiger partial charge in [-0.3, -0.25) is 14.6 Å². The summed E-state index contributed by atoms with van der Waals surface area (Å²) in [6.07, 6.45) is 5.80. The van der Waals surface area contributed by atoms with Crippen LogP contribution in [0.3, 0.4) is 0 Å². The lowest BCUT2D eigenvalue weighted by Crippen LogP contribution is -2.42. The predicted octanol–water partition coefficient (Wildman–Crippen LogP) is 0.529. The van der Waals surface area contributed by atoms with Crippen molar-refractivity contribution in [1.82, 2.24) is 15.2 Å². The van der Waals surface area contributed by atoms with Crippen molar-refractivity contribution in [3.63, 3.8) is 0 Å². The summed E-state index contributed by atoms with van der Waals surface area (Å²) in [5, 5.41) is 11.8. The Morgan fingerprint density at radius 1 is 1.26 bits per heavy atom. The molecule has 0 aliphatic carbocycles. The molecule has 0 saturated carbocycles. The normalized spacial score (nSPS) is 15.1. The Morgan fingerprint density at radius 3 is 2.68 bits per heavy atom. The molecule has 6 heteroatoms. The summed E-state index contributed by atoms with van der Waals surface area (Å²) < 4.78 is 0. The van der Waals surface area contributed by atoms with Gasteiger partial charge in [0.2, 0.25) is 5.91 Å². The molecule has 2 N–H and O–H groups in total. The quantitative estimate of drug-likeness (QED) is 0.833. The van der Waals surface area contributed by atoms with E-state index in [-0.39, 0.29) is 23.8 Å². The van der Waals surface area contributed by atoms with E-state index < -0.39 is 5.91 Å². The van der Waals surface area contributed by atoms with E-state index in [1.54, 1.807) is 4.90 Å². The molecule has 1 aromatic heterocycles. The van der Waals surface area contributed by atoms with Crippen LogP contribution in [0.2, 0.25) is 0 Å². The molecule has 0 atom stereocenters. The number of aromatic nitrogens is 1. The number of amides is 2. The molecule has 1 aliphatic rings. The summed E-state index contributed by atoms with van der Waals surface area (Å²) in [5.41, 5.74) is 0.242. The largest absolute Gasteiger partial charge is 0.506 e. The highest BCUT2D eigenvalue weighted by Crippen LogP contribution is 2.09. The SMILES string of the molecule is O=C(NCC(=O)N1CCCCC1)c1cncc(O)c1. The second kappa shape index (κ2) is 6.17. The number of hydrogen-bond donors (Lipinski definition) is 2. The maximum absolute atomic E-state index is 11.8. The molecule has 2 heterocycles. The average molecular weight is 263 g/mol. The van der Waals surface area contributed by atoms with Crippen LogP contribution in [-0.2, 0) is 4.79 Å². The van der Waals surface area contributed by atoms with Crippen LogP contribution in [0, 0.1) is 0 Å². The van der Waals surface area contributed by atoms with Crippen LogP contribution < -0.4 is 5.32 Å². The summed E-state index contributed by atoms with van der Waals surface area (Å²) in [7, 11) is 0. The van der Waals surface area contributed by atoms with Gasteiger partial charge in [-0.15, -0.1) is 0 Å². The van der Waals surface area contributed by atoms with E-state index in [2.05, 4.69) is 10.3 Å². The first-order valence-corrected chi connectivity index (χ1v) is 6.37. The molecule has 1 aliphatic heterocycles. The van der Waals surface area contributed by atoms with Gasteiger partial charge in [-0.05, 0) is 25.3 Å². The van der Waals surface area contributed by atoms with Gasteiger partial charge in [0.1, 0.15) is 5.75 Å². The molecule has 1 fully saturated rings. The minimum atomic E-state index is -0.409. The third kappa shape index (κ3) is 3.67. The van der Waals surface area contributed by atoms with E-state index in [1.807, 2.05) is 0 Å². The van der Waals surface area contributed by atoms with E-state index in [4.69, 9.17) is 0 Å². The molecule has 2 rings (SSSR count). The Morgan fingerprint density at radius 2 is 2.00 bits per heavy atom. The average Bonchev–Trinajstić information content (AvgIpc) is 2.45. The number of hydrogen-bond acceptors (Lipinski definition) is 4. The minimum absolute atomic E-state index is 0.0194. The summed E-state index contributed by atoms with van der Waals surface area (Å²) >= 11 is 0. The van der Waals surface area contributed by atoms with Crippen molar-refractivity contribution in [3.8, 4) is 5.75 Å². The van der Waals surface area contributed by atoms with E-state index in [9.17, 15) is 14.7 Å². The van der Waals surface area contributed by atoms with Crippen molar-refractivity contribution in [2.75, 3.05) is 19.6 Å². The van der Waals surface area contributed by atoms with Gasteiger partial charge in [-0.2, -0.15) is 0 Å². The highest BCUT2D eigenvalue weighted by Gasteiger charge is 2.17. The van der Waals surface area contributed by atoms with Gasteiger partial charge in [0.25, 0.3) is 5.91 Å². The Bertz CT molecular complexity index is 470. The topological polar surface area (TPSA) is 82.5 Å². The van der Waals surface area contributed by atoms with Crippen molar-refractivity contribution >= 4 is 11.8 Å². The van der Waals surface area contributed by atoms with Gasteiger partial charge in [-0.1, -0.05) is 0 Å². The van der Waals surface area contributed by atoms with Gasteiger partial charge in [0.05, 0.1) is 18.3 Å². The molecule has 0 spiro atoms. The zero-order valence-corrected chi connectivity index (χ0v) is 10.6. The first kappa shape index (κ1) is 13.3. The van der Waals surface area contributed by atoms with Gasteiger partial charge >= 0.3 is 0 Å². The summed E-state index contributed by atoms with van der Waals surface area (Å²) in [4.78, 5) is 29.1. The van der Waals surface area contributed by atoms with Crippen molar-refractivity contribution in [3.05, 3.63) is 24.0 Å². The van der Waals surface area contributed by atoms with Crippen LogP contribution in [0.25, 0.3) is 0 Å². The first-order valence-electron chi connectivity index (χ1n) is 6.37. The number of carbonyl (C=O) groups is 2. The van der Waals surface area contributed by atoms with Crippen LogP contribution in [0.15, 0.2) is 18.5 Å². The molecule has 0 unspecified atom stereocenters. The van der Waals surface area contributed by atoms with E-state index in [1.165, 1.54) is 18.5 Å². The van der Waals surface area contributed by atoms with Crippen LogP contribution in [-0.4, -0.2) is 46.4 Å². The number of piperidine rings is 1. The van der Waals surface area contributed by atoms with Gasteiger partial charge < -0.3 is 15.3 Å². The molecule has 6 nitrogen and oxygen atoms in total. The fourth-order valence-electron chi connectivity index (χ4n) is 2.07. The predicted molar refractivity (Wildman–Crippen MR) is 68.7 cm³/mol. The summed E-state index contributed by atoms with van der Waals surface area (Å²) in [6, 6.07) is 1.31. The van der Waals surface area contributed by atoms with Crippen LogP contribution in [0.1, 0.15) is 29.6 Å². The highest BCUT2D eigenvalue weighted by molar-refractivity contribution is 5.96. The molecule has 1 saturated heterocycles. The molecule has 0 radical (unpaired) electrons. The Labute approximate surface area is 111 Å². The lowest BCUT2D eigenvalue weighted by molar-refractivity contribution is -0.130. The Kier molecular flexibility index (Phi) is 4.33. The number of rotatable bonds is 3. The number of nitrogens with one attached hydrogen (secondary N) is 1. The fraction of sp³-hybridized carbons (Fsp3) is 0.462. The molecule has 1 aromatic rings. The lowest BCUT2D eigenvalue weighted by Gasteiger charge is -2.26. The van der Waals surface area contributed by atoms with Gasteiger partial charge in [-0.25, -0.2) is 0 Å². The summed E-state index contributed by atoms with van der Waals surface area (Å²) in [5.74, 6) is -0.551. The Balaban J connectivity index is 1.84. The number of carbonyl (C=O) groups excluding carboxylic acids is 2. The zero-order chi connectivity index (χ0) is 13.7. The number of aromatic hydroxyl groups is 1. The third-order valence-electron chi connectivity index (χ3n) is 3.09. The zero-order valence-electron chi connectivity index (χ0n) is 10.6. The molecule has 102 valence electrons. The molecule has 2 amide bonds. The van der Waals surface area contributed by atoms with Crippen molar-refractivity contribution in [2.45, 2.75) is 19.3 Å². The number of pyridine rings is 1. The molecule has 0 aromatic carbocycles. The maximum atomic E-state index is 11.8. The standard InChI is InChI=1S/C13H17N3O3/c17-11-6-10(7-14-8-11)13(19)15-9-12(18)16-4-2-1-3-5-16/h6-8,17H,1-5,9H2,(H,15,19). The second-order valence-corrected chi connectivity index (χ2v) is 4.56. The van der Waals surface area contributed by atoms with E-state index in [0.29, 0.717) is 0 Å². The van der Waals surface area contributed by atoms with Crippen molar-refractivity contribution < 1.29 is 14.7 Å². The number of nitrogens with zero attached hydrogens (tertiary/aromatic N) is 2. The number of likely N-dealkylation sites (tertiary alicyclic amines) is 1. The molecular formula is C13H17N3O3. The Hall–Kier alpha value is -2.11. The van der Waals surface area contributed by atoms with Crippen LogP contribution in [0.5, 0.6) is 5.75 Å². The van der Waals surface area contributed by atoms with Crippen molar-refractivity contribution in [1.29, 1.82) is 0 Å².